The number of urea groups is 1. The summed E-state index contributed by atoms with van der Waals surface area (Å²) in [7, 11) is 0. The monoisotopic (exact) mass is 413 g/mol. The van der Waals surface area contributed by atoms with Crippen LogP contribution in [0.15, 0.2) is 54.6 Å². The Labute approximate surface area is 182 Å². The van der Waals surface area contributed by atoms with Crippen LogP contribution >= 0.6 is 0 Å². The third-order valence-corrected chi connectivity index (χ3v) is 7.46. The van der Waals surface area contributed by atoms with Gasteiger partial charge in [0, 0.05) is 23.0 Å². The molecular formula is C26H27N3O2. The van der Waals surface area contributed by atoms with E-state index in [4.69, 9.17) is 0 Å². The van der Waals surface area contributed by atoms with Crippen LogP contribution < -0.4 is 0 Å². The molecule has 3 amide bonds. The number of rotatable bonds is 3. The summed E-state index contributed by atoms with van der Waals surface area (Å²) in [6.07, 6.45) is 6.49. The van der Waals surface area contributed by atoms with Gasteiger partial charge in [0.2, 0.25) is 0 Å². The molecule has 1 saturated carbocycles. The van der Waals surface area contributed by atoms with Gasteiger partial charge in [0.05, 0.1) is 12.6 Å². The molecule has 1 saturated heterocycles. The van der Waals surface area contributed by atoms with Crippen LogP contribution in [-0.4, -0.2) is 32.8 Å². The van der Waals surface area contributed by atoms with Gasteiger partial charge in [0.15, 0.2) is 0 Å². The molecule has 3 aromatic rings. The summed E-state index contributed by atoms with van der Waals surface area (Å²) in [6, 6.07) is 17.6. The number of carbonyl (C=O) groups is 2. The van der Waals surface area contributed by atoms with Crippen molar-refractivity contribution in [3.8, 4) is 0 Å². The molecule has 158 valence electrons. The molecule has 0 spiro atoms. The molecule has 5 heteroatoms. The molecule has 3 aliphatic rings. The Morgan fingerprint density at radius 2 is 1.65 bits per heavy atom. The quantitative estimate of drug-likeness (QED) is 0.602. The van der Waals surface area contributed by atoms with E-state index >= 15 is 0 Å². The van der Waals surface area contributed by atoms with Gasteiger partial charge in [-0.15, -0.1) is 0 Å². The van der Waals surface area contributed by atoms with Gasteiger partial charge in [-0.2, -0.15) is 0 Å². The molecule has 0 bridgehead atoms. The summed E-state index contributed by atoms with van der Waals surface area (Å²) in [5.41, 5.74) is 4.49. The largest absolute Gasteiger partial charge is 0.356 e. The molecule has 2 aromatic carbocycles. The van der Waals surface area contributed by atoms with Gasteiger partial charge in [-0.3, -0.25) is 9.69 Å². The summed E-state index contributed by atoms with van der Waals surface area (Å²) in [4.78, 5) is 34.2. The van der Waals surface area contributed by atoms with E-state index in [9.17, 15) is 9.59 Å². The molecular weight excluding hydrogens is 386 g/mol. The lowest BCUT2D eigenvalue weighted by Gasteiger charge is -2.41. The van der Waals surface area contributed by atoms with Gasteiger partial charge >= 0.3 is 6.03 Å². The van der Waals surface area contributed by atoms with Crippen LogP contribution in [-0.2, 0) is 17.8 Å². The highest BCUT2D eigenvalue weighted by Gasteiger charge is 2.53. The molecule has 0 unspecified atom stereocenters. The van der Waals surface area contributed by atoms with Gasteiger partial charge in [0.25, 0.3) is 5.91 Å². The highest BCUT2D eigenvalue weighted by molar-refractivity contribution is 6.05. The number of nitrogens with zero attached hydrogens (tertiary/aromatic N) is 2. The standard InChI is InChI=1S/C26H27N3O2/c30-25-22-15-20-19-13-7-8-14-21(19)27-23(20)24(18-11-5-2-6-12-18)29(22)26(31)28(25)16-17-9-3-1-4-10-17/h1,3-4,7-10,13-14,18,22,24,27H,2,5-6,11-12,15-16H2/t22-,24-/m0/s1. The van der Waals surface area contributed by atoms with Crippen molar-refractivity contribution >= 4 is 22.8 Å². The van der Waals surface area contributed by atoms with Gasteiger partial charge in [-0.25, -0.2) is 4.79 Å². The lowest BCUT2D eigenvalue weighted by atomic mass is 9.78. The number of para-hydroxylation sites is 1. The number of nitrogens with one attached hydrogen (secondary N) is 1. The number of aromatic amines is 1. The van der Waals surface area contributed by atoms with E-state index in [0.29, 0.717) is 18.9 Å². The summed E-state index contributed by atoms with van der Waals surface area (Å²) in [5, 5.41) is 1.19. The van der Waals surface area contributed by atoms with Crippen molar-refractivity contribution in [1.29, 1.82) is 0 Å². The minimum absolute atomic E-state index is 0.0429. The van der Waals surface area contributed by atoms with Gasteiger partial charge in [-0.1, -0.05) is 67.8 Å². The Hall–Kier alpha value is -3.08. The molecule has 2 fully saturated rings. The van der Waals surface area contributed by atoms with Crippen LogP contribution in [0.2, 0.25) is 0 Å². The Kier molecular flexibility index (Phi) is 4.37. The third-order valence-electron chi connectivity index (χ3n) is 7.46. The SMILES string of the molecule is O=C1[C@@H]2Cc3c([nH]c4ccccc34)[C@H](C3CCCCC3)N2C(=O)N1Cc1ccccc1. The van der Waals surface area contributed by atoms with E-state index in [2.05, 4.69) is 23.2 Å². The lowest BCUT2D eigenvalue weighted by molar-refractivity contribution is -0.129. The number of hydrogen-bond acceptors (Lipinski definition) is 2. The number of benzene rings is 2. The second-order valence-electron chi connectivity index (χ2n) is 9.23. The van der Waals surface area contributed by atoms with Crippen LogP contribution in [0.25, 0.3) is 10.9 Å². The molecule has 1 aliphatic carbocycles. The fourth-order valence-corrected chi connectivity index (χ4v) is 6.01. The van der Waals surface area contributed by atoms with Crippen LogP contribution in [0.5, 0.6) is 0 Å². The minimum atomic E-state index is -0.394. The molecule has 2 aliphatic heterocycles. The summed E-state index contributed by atoms with van der Waals surface area (Å²) in [5.74, 6) is 0.349. The van der Waals surface area contributed by atoms with Crippen molar-refractivity contribution in [3.63, 3.8) is 0 Å². The smallest absolute Gasteiger partial charge is 0.328 e. The zero-order chi connectivity index (χ0) is 20.9. The molecule has 0 radical (unpaired) electrons. The Balaban J connectivity index is 1.43. The number of amides is 3. The van der Waals surface area contributed by atoms with Crippen molar-refractivity contribution in [2.45, 2.75) is 57.2 Å². The number of aromatic nitrogens is 1. The first-order valence-corrected chi connectivity index (χ1v) is 11.5. The molecule has 2 atom stereocenters. The second-order valence-corrected chi connectivity index (χ2v) is 9.23. The molecule has 1 aromatic heterocycles. The second kappa shape index (κ2) is 7.26. The van der Waals surface area contributed by atoms with Crippen molar-refractivity contribution in [3.05, 3.63) is 71.4 Å². The average Bonchev–Trinajstić information content (AvgIpc) is 3.30. The number of H-pyrrole nitrogens is 1. The van der Waals surface area contributed by atoms with Crippen LogP contribution in [0.3, 0.4) is 0 Å². The van der Waals surface area contributed by atoms with Gasteiger partial charge < -0.3 is 9.88 Å². The molecule has 3 heterocycles. The Morgan fingerprint density at radius 1 is 0.903 bits per heavy atom. The topological polar surface area (TPSA) is 56.4 Å². The van der Waals surface area contributed by atoms with E-state index in [1.807, 2.05) is 41.3 Å². The predicted octanol–water partition coefficient (Wildman–Crippen LogP) is 5.18. The molecule has 1 N–H and O–H groups in total. The number of imide groups is 1. The Morgan fingerprint density at radius 3 is 2.45 bits per heavy atom. The van der Waals surface area contributed by atoms with E-state index in [1.54, 1.807) is 0 Å². The van der Waals surface area contributed by atoms with Gasteiger partial charge in [-0.05, 0) is 36.0 Å². The molecule has 31 heavy (non-hydrogen) atoms. The number of fused-ring (bicyclic) bond motifs is 4. The fourth-order valence-electron chi connectivity index (χ4n) is 6.01. The van der Waals surface area contributed by atoms with Crippen molar-refractivity contribution in [1.82, 2.24) is 14.8 Å². The maximum absolute atomic E-state index is 13.6. The first kappa shape index (κ1) is 18.7. The van der Waals surface area contributed by atoms with Crippen LogP contribution in [0.4, 0.5) is 4.79 Å². The summed E-state index contributed by atoms with van der Waals surface area (Å²) in [6.45, 7) is 0.345. The number of hydrogen-bond donors (Lipinski definition) is 1. The maximum atomic E-state index is 13.6. The third kappa shape index (κ3) is 2.90. The Bertz CT molecular complexity index is 1150. The van der Waals surface area contributed by atoms with E-state index in [0.717, 1.165) is 29.6 Å². The highest BCUT2D eigenvalue weighted by Crippen LogP contribution is 2.47. The fraction of sp³-hybridized carbons (Fsp3) is 0.385. The van der Waals surface area contributed by atoms with Crippen molar-refractivity contribution in [2.24, 2.45) is 5.92 Å². The van der Waals surface area contributed by atoms with E-state index in [-0.39, 0.29) is 18.0 Å². The number of carbonyl (C=O) groups excluding carboxylic acids is 2. The van der Waals surface area contributed by atoms with Crippen molar-refractivity contribution in [2.75, 3.05) is 0 Å². The van der Waals surface area contributed by atoms with Gasteiger partial charge in [0.1, 0.15) is 6.04 Å². The minimum Gasteiger partial charge on any atom is -0.356 e. The van der Waals surface area contributed by atoms with E-state index < -0.39 is 6.04 Å². The molecule has 6 rings (SSSR count). The summed E-state index contributed by atoms with van der Waals surface area (Å²) >= 11 is 0. The summed E-state index contributed by atoms with van der Waals surface area (Å²) < 4.78 is 0. The van der Waals surface area contributed by atoms with Crippen molar-refractivity contribution < 1.29 is 9.59 Å². The maximum Gasteiger partial charge on any atom is 0.328 e. The first-order chi connectivity index (χ1) is 15.2. The van der Waals surface area contributed by atoms with Crippen LogP contribution in [0, 0.1) is 5.92 Å². The zero-order valence-corrected chi connectivity index (χ0v) is 17.6. The average molecular weight is 414 g/mol. The highest BCUT2D eigenvalue weighted by atomic mass is 16.2. The lowest BCUT2D eigenvalue weighted by Crippen LogP contribution is -2.46. The van der Waals surface area contributed by atoms with Crippen LogP contribution in [0.1, 0.15) is 55.0 Å². The van der Waals surface area contributed by atoms with E-state index in [1.165, 1.54) is 35.1 Å². The normalized spacial score (nSPS) is 24.0. The molecule has 5 nitrogen and oxygen atoms in total. The first-order valence-electron chi connectivity index (χ1n) is 11.5. The predicted molar refractivity (Wildman–Crippen MR) is 119 cm³/mol. The zero-order valence-electron chi connectivity index (χ0n) is 17.6.